The Balaban J connectivity index is 3.93. The lowest BCUT2D eigenvalue weighted by Gasteiger charge is -2.09. The highest BCUT2D eigenvalue weighted by Gasteiger charge is 2.15. The van der Waals surface area contributed by atoms with Crippen LogP contribution in [0.15, 0.2) is 9.91 Å². The van der Waals surface area contributed by atoms with Crippen LogP contribution in [0.1, 0.15) is 21.5 Å². The van der Waals surface area contributed by atoms with Crippen molar-refractivity contribution in [1.29, 1.82) is 5.26 Å². The van der Waals surface area contributed by atoms with Gasteiger partial charge in [-0.1, -0.05) is 0 Å². The first-order valence-electron chi connectivity index (χ1n) is 4.22. The lowest BCUT2D eigenvalue weighted by atomic mass is 10.1. The maximum absolute atomic E-state index is 11.6. The van der Waals surface area contributed by atoms with Crippen LogP contribution in [0.2, 0.25) is 0 Å². The van der Waals surface area contributed by atoms with Gasteiger partial charge in [0, 0.05) is 17.5 Å². The van der Waals surface area contributed by atoms with Crippen molar-refractivity contribution in [3.05, 3.63) is 37.5 Å². The Bertz CT molecular complexity index is 602. The number of aldehydes is 1. The number of rotatable bonds is 2. The second-order valence-electron chi connectivity index (χ2n) is 3.02. The lowest BCUT2D eigenvalue weighted by Crippen LogP contribution is -2.22. The van der Waals surface area contributed by atoms with E-state index < -0.39 is 5.56 Å². The van der Waals surface area contributed by atoms with Gasteiger partial charge in [0.05, 0.1) is 0 Å². The molecule has 0 fully saturated rings. The molecule has 16 heavy (non-hydrogen) atoms. The summed E-state index contributed by atoms with van der Waals surface area (Å²) in [5.74, 6) is -0.0843. The van der Waals surface area contributed by atoms with E-state index in [4.69, 9.17) is 10.8 Å². The minimum Gasteiger partial charge on any atom is -0.308 e. The summed E-state index contributed by atoms with van der Waals surface area (Å²) < 4.78 is 0.981. The fraction of sp³-hybridized carbons (Fsp3) is 0.222. The molecule has 0 N–H and O–H groups in total. The molecule has 1 aromatic rings. The van der Waals surface area contributed by atoms with E-state index in [-0.39, 0.29) is 22.5 Å². The van der Waals surface area contributed by atoms with Gasteiger partial charge >= 0.3 is 0 Å². The zero-order valence-corrected chi connectivity index (χ0v) is 8.63. The standard InChI is InChI=1S/C9H7N5O2/c1-5-6(3-10)9(16)14(2)8(12-13-11)7(5)4-15/h4H,1-2H3. The Morgan fingerprint density at radius 1 is 1.62 bits per heavy atom. The highest BCUT2D eigenvalue weighted by Crippen LogP contribution is 2.20. The maximum Gasteiger partial charge on any atom is 0.268 e. The smallest absolute Gasteiger partial charge is 0.268 e. The van der Waals surface area contributed by atoms with Crippen LogP contribution in [0, 0.1) is 18.3 Å². The van der Waals surface area contributed by atoms with E-state index in [1.54, 1.807) is 6.07 Å². The minimum absolute atomic E-state index is 0.0523. The molecule has 7 nitrogen and oxygen atoms in total. The zero-order valence-electron chi connectivity index (χ0n) is 8.63. The Labute approximate surface area is 90.2 Å². The van der Waals surface area contributed by atoms with Crippen molar-refractivity contribution in [3.8, 4) is 6.07 Å². The predicted molar refractivity (Wildman–Crippen MR) is 55.3 cm³/mol. The van der Waals surface area contributed by atoms with Crippen LogP contribution in [0.5, 0.6) is 0 Å². The fourth-order valence-corrected chi connectivity index (χ4v) is 1.34. The van der Waals surface area contributed by atoms with Crippen LogP contribution in [-0.2, 0) is 7.05 Å². The monoisotopic (exact) mass is 217 g/mol. The van der Waals surface area contributed by atoms with Gasteiger partial charge in [0.1, 0.15) is 17.5 Å². The van der Waals surface area contributed by atoms with E-state index >= 15 is 0 Å². The van der Waals surface area contributed by atoms with Crippen molar-refractivity contribution in [3.63, 3.8) is 0 Å². The summed E-state index contributed by atoms with van der Waals surface area (Å²) in [7, 11) is 1.33. The van der Waals surface area contributed by atoms with Gasteiger partial charge in [0.25, 0.3) is 5.56 Å². The highest BCUT2D eigenvalue weighted by molar-refractivity contribution is 5.84. The Hall–Kier alpha value is -2.58. The Morgan fingerprint density at radius 2 is 2.25 bits per heavy atom. The number of aromatic nitrogens is 1. The van der Waals surface area contributed by atoms with Gasteiger partial charge in [-0.2, -0.15) is 5.26 Å². The molecule has 0 atom stereocenters. The maximum atomic E-state index is 11.6. The van der Waals surface area contributed by atoms with Gasteiger partial charge in [-0.25, -0.2) is 0 Å². The molecule has 0 spiro atoms. The molecule has 0 aliphatic heterocycles. The summed E-state index contributed by atoms with van der Waals surface area (Å²) >= 11 is 0. The van der Waals surface area contributed by atoms with Gasteiger partial charge in [-0.05, 0) is 23.1 Å². The molecule has 7 heteroatoms. The third-order valence-electron chi connectivity index (χ3n) is 2.23. The number of hydrogen-bond acceptors (Lipinski definition) is 4. The molecule has 0 unspecified atom stereocenters. The van der Waals surface area contributed by atoms with Crippen LogP contribution in [0.4, 0.5) is 5.82 Å². The average molecular weight is 217 g/mol. The van der Waals surface area contributed by atoms with Gasteiger partial charge in [0.2, 0.25) is 0 Å². The first kappa shape index (κ1) is 11.5. The fourth-order valence-electron chi connectivity index (χ4n) is 1.34. The Kier molecular flexibility index (Phi) is 3.09. The molecule has 1 heterocycles. The number of azide groups is 1. The van der Waals surface area contributed by atoms with E-state index in [1.165, 1.54) is 14.0 Å². The van der Waals surface area contributed by atoms with Gasteiger partial charge in [0.15, 0.2) is 6.29 Å². The van der Waals surface area contributed by atoms with Crippen molar-refractivity contribution in [2.24, 2.45) is 12.2 Å². The van der Waals surface area contributed by atoms with Gasteiger partial charge in [-0.3, -0.25) is 9.59 Å². The summed E-state index contributed by atoms with van der Waals surface area (Å²) in [6.07, 6.45) is 0.458. The normalized spacial score (nSPS) is 9.06. The average Bonchev–Trinajstić information content (AvgIpc) is 2.27. The lowest BCUT2D eigenvalue weighted by molar-refractivity contribution is 0.112. The summed E-state index contributed by atoms with van der Waals surface area (Å²) in [6, 6.07) is 1.72. The molecule has 0 saturated heterocycles. The predicted octanol–water partition coefficient (Wildman–Crippen LogP) is 1.32. The largest absolute Gasteiger partial charge is 0.308 e. The van der Waals surface area contributed by atoms with Crippen LogP contribution in [-0.4, -0.2) is 10.9 Å². The number of carbonyl (C=O) groups is 1. The number of pyridine rings is 1. The number of nitrogens with zero attached hydrogens (tertiary/aromatic N) is 5. The topological polar surface area (TPSA) is 112 Å². The first-order chi connectivity index (χ1) is 7.58. The van der Waals surface area contributed by atoms with Crippen molar-refractivity contribution in [2.75, 3.05) is 0 Å². The quantitative estimate of drug-likeness (QED) is 0.322. The SMILES string of the molecule is Cc1c(C=O)c(N=[N+]=[N-])n(C)c(=O)c1C#N. The molecule has 0 radical (unpaired) electrons. The molecule has 0 bridgehead atoms. The molecule has 0 amide bonds. The summed E-state index contributed by atoms with van der Waals surface area (Å²) in [6.45, 7) is 1.46. The number of hydrogen-bond donors (Lipinski definition) is 0. The van der Waals surface area contributed by atoms with E-state index in [0.29, 0.717) is 6.29 Å². The van der Waals surface area contributed by atoms with E-state index in [0.717, 1.165) is 4.57 Å². The van der Waals surface area contributed by atoms with Crippen molar-refractivity contribution in [1.82, 2.24) is 4.57 Å². The van der Waals surface area contributed by atoms with E-state index in [1.807, 2.05) is 0 Å². The minimum atomic E-state index is -0.590. The number of nitriles is 1. The highest BCUT2D eigenvalue weighted by atomic mass is 16.1. The molecular weight excluding hydrogens is 210 g/mol. The van der Waals surface area contributed by atoms with Gasteiger partial charge < -0.3 is 4.57 Å². The van der Waals surface area contributed by atoms with Crippen LogP contribution in [0.3, 0.4) is 0 Å². The van der Waals surface area contributed by atoms with Crippen LogP contribution < -0.4 is 5.56 Å². The molecular formula is C9H7N5O2. The van der Waals surface area contributed by atoms with E-state index in [2.05, 4.69) is 10.0 Å². The summed E-state index contributed by atoms with van der Waals surface area (Å²) in [5, 5.41) is 12.1. The second kappa shape index (κ2) is 4.29. The zero-order chi connectivity index (χ0) is 12.3. The third kappa shape index (κ3) is 1.54. The molecule has 80 valence electrons. The van der Waals surface area contributed by atoms with Gasteiger partial charge in [-0.15, -0.1) is 0 Å². The molecule has 1 aromatic heterocycles. The molecule has 0 aliphatic rings. The van der Waals surface area contributed by atoms with Crippen LogP contribution >= 0.6 is 0 Å². The Morgan fingerprint density at radius 3 is 2.69 bits per heavy atom. The van der Waals surface area contributed by atoms with Crippen molar-refractivity contribution < 1.29 is 4.79 Å². The van der Waals surface area contributed by atoms with E-state index in [9.17, 15) is 9.59 Å². The molecule has 0 aromatic carbocycles. The van der Waals surface area contributed by atoms with Crippen LogP contribution in [0.25, 0.3) is 10.4 Å². The summed E-state index contributed by atoms with van der Waals surface area (Å²) in [5.41, 5.74) is 7.90. The van der Waals surface area contributed by atoms with Crippen molar-refractivity contribution in [2.45, 2.75) is 6.92 Å². The molecule has 0 aliphatic carbocycles. The molecule has 1 rings (SSSR count). The summed E-state index contributed by atoms with van der Waals surface area (Å²) in [4.78, 5) is 25.0. The van der Waals surface area contributed by atoms with Crippen molar-refractivity contribution >= 4 is 12.1 Å². The number of carbonyl (C=O) groups excluding carboxylic acids is 1. The second-order valence-corrected chi connectivity index (χ2v) is 3.02. The molecule has 0 saturated carbocycles. The first-order valence-corrected chi connectivity index (χ1v) is 4.22. The third-order valence-corrected chi connectivity index (χ3v) is 2.23.